The second-order valence-corrected chi connectivity index (χ2v) is 7.00. The van der Waals surface area contributed by atoms with E-state index in [1.165, 1.54) is 5.56 Å². The summed E-state index contributed by atoms with van der Waals surface area (Å²) in [6.45, 7) is 8.02. The van der Waals surface area contributed by atoms with Crippen molar-refractivity contribution in [3.8, 4) is 11.5 Å². The Balaban J connectivity index is 1.67. The lowest BCUT2D eigenvalue weighted by molar-refractivity contribution is 0.247. The van der Waals surface area contributed by atoms with Gasteiger partial charge in [0.25, 0.3) is 0 Å². The molecule has 0 atom stereocenters. The van der Waals surface area contributed by atoms with Crippen molar-refractivity contribution >= 4 is 5.69 Å². The molecule has 23 heavy (non-hydrogen) atoms. The van der Waals surface area contributed by atoms with Crippen molar-refractivity contribution in [2.75, 3.05) is 18.9 Å². The van der Waals surface area contributed by atoms with Gasteiger partial charge < -0.3 is 15.2 Å². The third-order valence-corrected chi connectivity index (χ3v) is 3.36. The molecule has 0 aliphatic heterocycles. The minimum Gasteiger partial charge on any atom is -0.493 e. The summed E-state index contributed by atoms with van der Waals surface area (Å²) in [5, 5.41) is 0. The van der Waals surface area contributed by atoms with Crippen LogP contribution in [0.15, 0.2) is 48.5 Å². The fraction of sp³-hybridized carbons (Fsp3) is 0.400. The molecule has 2 aromatic rings. The Hall–Kier alpha value is -2.16. The largest absolute Gasteiger partial charge is 0.493 e. The molecule has 0 spiro atoms. The van der Waals surface area contributed by atoms with E-state index in [2.05, 4.69) is 32.9 Å². The maximum absolute atomic E-state index is 5.75. The van der Waals surface area contributed by atoms with Crippen molar-refractivity contribution in [3.63, 3.8) is 0 Å². The Bertz CT molecular complexity index is 583. The van der Waals surface area contributed by atoms with Crippen LogP contribution in [-0.4, -0.2) is 13.2 Å². The lowest BCUT2D eigenvalue weighted by atomic mass is 9.88. The Morgan fingerprint density at radius 3 is 1.74 bits per heavy atom. The molecule has 2 N–H and O–H groups in total. The molecule has 3 nitrogen and oxygen atoms in total. The van der Waals surface area contributed by atoms with Crippen LogP contribution in [0, 0.1) is 5.41 Å². The molecule has 0 saturated heterocycles. The summed E-state index contributed by atoms with van der Waals surface area (Å²) in [5.74, 6) is 1.75. The Kier molecular flexibility index (Phi) is 5.91. The molecular formula is C20H27NO2. The molecule has 0 unspecified atom stereocenters. The van der Waals surface area contributed by atoms with Gasteiger partial charge in [-0.05, 0) is 53.8 Å². The van der Waals surface area contributed by atoms with E-state index in [9.17, 15) is 0 Å². The molecule has 2 aromatic carbocycles. The van der Waals surface area contributed by atoms with E-state index in [1.807, 2.05) is 36.4 Å². The first-order valence-corrected chi connectivity index (χ1v) is 8.12. The van der Waals surface area contributed by atoms with Crippen LogP contribution in [0.4, 0.5) is 5.69 Å². The van der Waals surface area contributed by atoms with E-state index in [0.29, 0.717) is 18.6 Å². The molecule has 0 bridgehead atoms. The molecule has 0 amide bonds. The second kappa shape index (κ2) is 7.91. The predicted molar refractivity (Wildman–Crippen MR) is 96.1 cm³/mol. The SMILES string of the molecule is CC(C)(C)Cc1ccc(OCCCOc2ccc(N)cc2)cc1. The highest BCUT2D eigenvalue weighted by atomic mass is 16.5. The highest BCUT2D eigenvalue weighted by molar-refractivity contribution is 5.41. The summed E-state index contributed by atoms with van der Waals surface area (Å²) >= 11 is 0. The number of nitrogens with two attached hydrogens (primary N) is 1. The van der Waals surface area contributed by atoms with Gasteiger partial charge in [0.05, 0.1) is 13.2 Å². The minimum atomic E-state index is 0.307. The van der Waals surface area contributed by atoms with E-state index >= 15 is 0 Å². The highest BCUT2D eigenvalue weighted by Gasteiger charge is 2.10. The number of hydrogen-bond acceptors (Lipinski definition) is 3. The number of benzene rings is 2. The first-order chi connectivity index (χ1) is 10.9. The molecule has 0 fully saturated rings. The zero-order valence-electron chi connectivity index (χ0n) is 14.3. The molecule has 0 saturated carbocycles. The summed E-state index contributed by atoms with van der Waals surface area (Å²) in [6.07, 6.45) is 1.91. The lowest BCUT2D eigenvalue weighted by Crippen LogP contribution is -2.09. The van der Waals surface area contributed by atoms with Gasteiger partial charge in [-0.2, -0.15) is 0 Å². The van der Waals surface area contributed by atoms with Crippen molar-refractivity contribution in [2.24, 2.45) is 5.41 Å². The van der Waals surface area contributed by atoms with E-state index in [4.69, 9.17) is 15.2 Å². The zero-order valence-corrected chi connectivity index (χ0v) is 14.3. The van der Waals surface area contributed by atoms with Gasteiger partial charge in [0.15, 0.2) is 0 Å². The van der Waals surface area contributed by atoms with E-state index in [0.717, 1.165) is 30.0 Å². The molecule has 0 aliphatic carbocycles. The topological polar surface area (TPSA) is 44.5 Å². The van der Waals surface area contributed by atoms with Crippen LogP contribution in [0.2, 0.25) is 0 Å². The van der Waals surface area contributed by atoms with Gasteiger partial charge in [-0.3, -0.25) is 0 Å². The Morgan fingerprint density at radius 2 is 1.26 bits per heavy atom. The van der Waals surface area contributed by atoms with Crippen LogP contribution in [0.1, 0.15) is 32.8 Å². The molecule has 0 aliphatic rings. The van der Waals surface area contributed by atoms with Gasteiger partial charge in [-0.25, -0.2) is 0 Å². The number of rotatable bonds is 7. The average Bonchev–Trinajstić information content (AvgIpc) is 2.49. The normalized spacial score (nSPS) is 11.3. The van der Waals surface area contributed by atoms with Crippen molar-refractivity contribution < 1.29 is 9.47 Å². The van der Waals surface area contributed by atoms with Crippen LogP contribution in [-0.2, 0) is 6.42 Å². The van der Waals surface area contributed by atoms with Crippen LogP contribution < -0.4 is 15.2 Å². The van der Waals surface area contributed by atoms with Gasteiger partial charge in [0.1, 0.15) is 11.5 Å². The number of hydrogen-bond donors (Lipinski definition) is 1. The van der Waals surface area contributed by atoms with E-state index in [1.54, 1.807) is 0 Å². The first-order valence-electron chi connectivity index (χ1n) is 8.12. The summed E-state index contributed by atoms with van der Waals surface area (Å²) in [4.78, 5) is 0. The highest BCUT2D eigenvalue weighted by Crippen LogP contribution is 2.22. The maximum Gasteiger partial charge on any atom is 0.119 e. The lowest BCUT2D eigenvalue weighted by Gasteiger charge is -2.18. The number of nitrogen functional groups attached to an aromatic ring is 1. The van der Waals surface area contributed by atoms with Crippen LogP contribution >= 0.6 is 0 Å². The van der Waals surface area contributed by atoms with E-state index < -0.39 is 0 Å². The smallest absolute Gasteiger partial charge is 0.119 e. The maximum atomic E-state index is 5.75. The van der Waals surface area contributed by atoms with Crippen molar-refractivity contribution in [1.29, 1.82) is 0 Å². The molecule has 2 rings (SSSR count). The molecule has 0 heterocycles. The zero-order chi connectivity index (χ0) is 16.7. The quantitative estimate of drug-likeness (QED) is 0.595. The summed E-state index contributed by atoms with van der Waals surface area (Å²) in [7, 11) is 0. The number of ether oxygens (including phenoxy) is 2. The van der Waals surface area contributed by atoms with Crippen molar-refractivity contribution in [3.05, 3.63) is 54.1 Å². The fourth-order valence-corrected chi connectivity index (χ4v) is 2.32. The van der Waals surface area contributed by atoms with Crippen molar-refractivity contribution in [2.45, 2.75) is 33.6 Å². The fourth-order valence-electron chi connectivity index (χ4n) is 2.32. The first kappa shape index (κ1) is 17.2. The Labute approximate surface area is 139 Å². The average molecular weight is 313 g/mol. The molecule has 0 radical (unpaired) electrons. The second-order valence-electron chi connectivity index (χ2n) is 7.00. The van der Waals surface area contributed by atoms with Gasteiger partial charge in [0.2, 0.25) is 0 Å². The minimum absolute atomic E-state index is 0.307. The number of anilines is 1. The van der Waals surface area contributed by atoms with Gasteiger partial charge in [-0.15, -0.1) is 0 Å². The molecule has 0 aromatic heterocycles. The third-order valence-electron chi connectivity index (χ3n) is 3.36. The van der Waals surface area contributed by atoms with Gasteiger partial charge in [0, 0.05) is 12.1 Å². The van der Waals surface area contributed by atoms with Crippen LogP contribution in [0.25, 0.3) is 0 Å². The summed E-state index contributed by atoms with van der Waals surface area (Å²) in [6, 6.07) is 15.8. The van der Waals surface area contributed by atoms with E-state index in [-0.39, 0.29) is 0 Å². The van der Waals surface area contributed by atoms with Crippen LogP contribution in [0.5, 0.6) is 11.5 Å². The van der Waals surface area contributed by atoms with Crippen molar-refractivity contribution in [1.82, 2.24) is 0 Å². The molecule has 124 valence electrons. The molecular weight excluding hydrogens is 286 g/mol. The predicted octanol–water partition coefficient (Wildman–Crippen LogP) is 4.71. The summed E-state index contributed by atoms with van der Waals surface area (Å²) in [5.41, 5.74) is 8.03. The van der Waals surface area contributed by atoms with Gasteiger partial charge in [-0.1, -0.05) is 32.9 Å². The monoisotopic (exact) mass is 313 g/mol. The summed E-state index contributed by atoms with van der Waals surface area (Å²) < 4.78 is 11.4. The van der Waals surface area contributed by atoms with Crippen LogP contribution in [0.3, 0.4) is 0 Å². The Morgan fingerprint density at radius 1 is 0.783 bits per heavy atom. The standard InChI is InChI=1S/C20H27NO2/c1-20(2,3)15-16-5-9-18(10-6-16)22-13-4-14-23-19-11-7-17(21)8-12-19/h5-12H,4,13-15,21H2,1-3H3. The third kappa shape index (κ3) is 6.64. The molecule has 3 heteroatoms. The van der Waals surface area contributed by atoms with Gasteiger partial charge >= 0.3 is 0 Å².